The van der Waals surface area contributed by atoms with Gasteiger partial charge in [0, 0.05) is 13.0 Å². The fraction of sp³-hybridized carbons (Fsp3) is 0.533. The topological polar surface area (TPSA) is 55.8 Å². The van der Waals surface area contributed by atoms with E-state index in [9.17, 15) is 4.79 Å². The molecule has 0 amide bonds. The van der Waals surface area contributed by atoms with E-state index in [0.29, 0.717) is 19.6 Å². The molecule has 1 N–H and O–H groups in total. The van der Waals surface area contributed by atoms with Gasteiger partial charge in [-0.1, -0.05) is 25.5 Å². The van der Waals surface area contributed by atoms with Crippen LogP contribution >= 0.6 is 0 Å². The van der Waals surface area contributed by atoms with Crippen LogP contribution in [-0.4, -0.2) is 30.4 Å². The standard InChI is InChI=1S/C15H22O4/c1-3-5-10-19-14(15(16)17)11-12-6-8-13(9-7-12)18-4-2/h6-9,14H,3-5,10-11H2,1-2H3,(H,16,17)/t14-/m0/s1. The van der Waals surface area contributed by atoms with Crippen molar-refractivity contribution in [1.29, 1.82) is 0 Å². The molecule has 0 aromatic heterocycles. The summed E-state index contributed by atoms with van der Waals surface area (Å²) in [6.45, 7) is 5.09. The molecule has 0 saturated carbocycles. The zero-order valence-corrected chi connectivity index (χ0v) is 11.6. The van der Waals surface area contributed by atoms with E-state index >= 15 is 0 Å². The Morgan fingerprint density at radius 1 is 1.26 bits per heavy atom. The lowest BCUT2D eigenvalue weighted by atomic mass is 10.1. The maximum absolute atomic E-state index is 11.1. The molecule has 106 valence electrons. The van der Waals surface area contributed by atoms with E-state index in [1.807, 2.05) is 38.1 Å². The maximum atomic E-state index is 11.1. The molecule has 1 aromatic rings. The molecule has 0 unspecified atom stereocenters. The van der Waals surface area contributed by atoms with E-state index in [-0.39, 0.29) is 0 Å². The number of carboxylic acids is 1. The number of carboxylic acid groups (broad SMARTS) is 1. The summed E-state index contributed by atoms with van der Waals surface area (Å²) in [6.07, 6.45) is 1.48. The second kappa shape index (κ2) is 8.53. The van der Waals surface area contributed by atoms with Gasteiger partial charge in [0.15, 0.2) is 6.10 Å². The Morgan fingerprint density at radius 3 is 2.47 bits per heavy atom. The highest BCUT2D eigenvalue weighted by Crippen LogP contribution is 2.14. The van der Waals surface area contributed by atoms with Crippen molar-refractivity contribution in [2.75, 3.05) is 13.2 Å². The van der Waals surface area contributed by atoms with E-state index in [0.717, 1.165) is 24.2 Å². The molecular weight excluding hydrogens is 244 g/mol. The van der Waals surface area contributed by atoms with Crippen LogP contribution in [0.3, 0.4) is 0 Å². The van der Waals surface area contributed by atoms with Crippen molar-refractivity contribution < 1.29 is 19.4 Å². The van der Waals surface area contributed by atoms with Gasteiger partial charge in [0.1, 0.15) is 5.75 Å². The second-order valence-corrected chi connectivity index (χ2v) is 4.33. The van der Waals surface area contributed by atoms with Crippen LogP contribution in [0, 0.1) is 0 Å². The minimum absolute atomic E-state index is 0.380. The molecule has 1 rings (SSSR count). The predicted octanol–water partition coefficient (Wildman–Crippen LogP) is 2.90. The van der Waals surface area contributed by atoms with E-state index in [4.69, 9.17) is 14.6 Å². The number of benzene rings is 1. The molecular formula is C15H22O4. The van der Waals surface area contributed by atoms with Crippen LogP contribution in [-0.2, 0) is 16.0 Å². The van der Waals surface area contributed by atoms with Crippen molar-refractivity contribution in [2.24, 2.45) is 0 Å². The number of hydrogen-bond donors (Lipinski definition) is 1. The minimum atomic E-state index is -0.912. The molecule has 0 fully saturated rings. The SMILES string of the molecule is CCCCO[C@@H](Cc1ccc(OCC)cc1)C(=O)O. The van der Waals surface area contributed by atoms with Gasteiger partial charge in [-0.25, -0.2) is 4.79 Å². The molecule has 0 bridgehead atoms. The molecule has 0 aliphatic carbocycles. The first-order valence-electron chi connectivity index (χ1n) is 6.73. The minimum Gasteiger partial charge on any atom is -0.494 e. The summed E-state index contributed by atoms with van der Waals surface area (Å²) < 4.78 is 10.7. The van der Waals surface area contributed by atoms with Gasteiger partial charge in [-0.2, -0.15) is 0 Å². The third kappa shape index (κ3) is 5.75. The van der Waals surface area contributed by atoms with E-state index < -0.39 is 12.1 Å². The third-order valence-corrected chi connectivity index (χ3v) is 2.75. The molecule has 1 aromatic carbocycles. The Hall–Kier alpha value is -1.55. The smallest absolute Gasteiger partial charge is 0.333 e. The van der Waals surface area contributed by atoms with Crippen LogP contribution in [0.15, 0.2) is 24.3 Å². The lowest BCUT2D eigenvalue weighted by molar-refractivity contribution is -0.150. The maximum Gasteiger partial charge on any atom is 0.333 e. The van der Waals surface area contributed by atoms with Crippen molar-refractivity contribution in [3.63, 3.8) is 0 Å². The molecule has 4 heteroatoms. The van der Waals surface area contributed by atoms with Crippen molar-refractivity contribution in [3.05, 3.63) is 29.8 Å². The summed E-state index contributed by atoms with van der Waals surface area (Å²) in [7, 11) is 0. The lowest BCUT2D eigenvalue weighted by Crippen LogP contribution is -2.26. The van der Waals surface area contributed by atoms with Gasteiger partial charge in [0.2, 0.25) is 0 Å². The Kier molecular flexibility index (Phi) is 6.97. The molecule has 4 nitrogen and oxygen atoms in total. The quantitative estimate of drug-likeness (QED) is 0.698. The summed E-state index contributed by atoms with van der Waals surface area (Å²) >= 11 is 0. The molecule has 0 aliphatic rings. The molecule has 0 radical (unpaired) electrons. The monoisotopic (exact) mass is 266 g/mol. The highest BCUT2D eigenvalue weighted by molar-refractivity contribution is 5.72. The summed E-state index contributed by atoms with van der Waals surface area (Å²) in [6, 6.07) is 7.46. The van der Waals surface area contributed by atoms with Gasteiger partial charge < -0.3 is 14.6 Å². The molecule has 0 heterocycles. The summed E-state index contributed by atoms with van der Waals surface area (Å²) in [5, 5.41) is 9.12. The van der Waals surface area contributed by atoms with Crippen molar-refractivity contribution in [2.45, 2.75) is 39.2 Å². The van der Waals surface area contributed by atoms with Gasteiger partial charge in [0.05, 0.1) is 6.61 Å². The predicted molar refractivity (Wildman–Crippen MR) is 73.6 cm³/mol. The number of ether oxygens (including phenoxy) is 2. The average Bonchev–Trinajstić information content (AvgIpc) is 2.40. The summed E-state index contributed by atoms with van der Waals surface area (Å²) in [5.74, 6) is -0.116. The van der Waals surface area contributed by atoms with Crippen LogP contribution in [0.25, 0.3) is 0 Å². The molecule has 1 atom stereocenters. The largest absolute Gasteiger partial charge is 0.494 e. The van der Waals surface area contributed by atoms with Gasteiger partial charge in [-0.05, 0) is 31.0 Å². The van der Waals surface area contributed by atoms with E-state index in [1.54, 1.807) is 0 Å². The third-order valence-electron chi connectivity index (χ3n) is 2.75. The Labute approximate surface area is 114 Å². The number of aliphatic carboxylic acids is 1. The summed E-state index contributed by atoms with van der Waals surface area (Å²) in [4.78, 5) is 11.1. The Morgan fingerprint density at radius 2 is 1.95 bits per heavy atom. The fourth-order valence-corrected chi connectivity index (χ4v) is 1.69. The van der Waals surface area contributed by atoms with Crippen LogP contribution in [0.2, 0.25) is 0 Å². The highest BCUT2D eigenvalue weighted by Gasteiger charge is 2.18. The Bertz CT molecular complexity index is 372. The normalized spacial score (nSPS) is 12.1. The fourth-order valence-electron chi connectivity index (χ4n) is 1.69. The zero-order valence-electron chi connectivity index (χ0n) is 11.6. The Balaban J connectivity index is 2.55. The van der Waals surface area contributed by atoms with Crippen molar-refractivity contribution in [1.82, 2.24) is 0 Å². The van der Waals surface area contributed by atoms with Gasteiger partial charge in [-0.15, -0.1) is 0 Å². The van der Waals surface area contributed by atoms with E-state index in [2.05, 4.69) is 0 Å². The zero-order chi connectivity index (χ0) is 14.1. The molecule has 0 saturated heterocycles. The first-order chi connectivity index (χ1) is 9.17. The van der Waals surface area contributed by atoms with Gasteiger partial charge >= 0.3 is 5.97 Å². The number of unbranched alkanes of at least 4 members (excludes halogenated alkanes) is 1. The molecule has 0 spiro atoms. The summed E-state index contributed by atoms with van der Waals surface area (Å²) in [5.41, 5.74) is 0.937. The number of carbonyl (C=O) groups is 1. The molecule has 0 aliphatic heterocycles. The highest BCUT2D eigenvalue weighted by atomic mass is 16.5. The van der Waals surface area contributed by atoms with Crippen LogP contribution in [0.4, 0.5) is 0 Å². The molecule has 19 heavy (non-hydrogen) atoms. The average molecular weight is 266 g/mol. The van der Waals surface area contributed by atoms with Gasteiger partial charge in [0.25, 0.3) is 0 Å². The number of hydrogen-bond acceptors (Lipinski definition) is 3. The van der Waals surface area contributed by atoms with Crippen LogP contribution < -0.4 is 4.74 Å². The van der Waals surface area contributed by atoms with Crippen molar-refractivity contribution in [3.8, 4) is 5.75 Å². The van der Waals surface area contributed by atoms with E-state index in [1.165, 1.54) is 0 Å². The lowest BCUT2D eigenvalue weighted by Gasteiger charge is -2.13. The first-order valence-corrected chi connectivity index (χ1v) is 6.73. The van der Waals surface area contributed by atoms with Crippen LogP contribution in [0.5, 0.6) is 5.75 Å². The second-order valence-electron chi connectivity index (χ2n) is 4.33. The number of rotatable bonds is 9. The van der Waals surface area contributed by atoms with Crippen molar-refractivity contribution >= 4 is 5.97 Å². The first kappa shape index (κ1) is 15.5. The van der Waals surface area contributed by atoms with Crippen LogP contribution in [0.1, 0.15) is 32.3 Å². The van der Waals surface area contributed by atoms with Gasteiger partial charge in [-0.3, -0.25) is 0 Å².